The second-order valence-electron chi connectivity index (χ2n) is 6.72. The summed E-state index contributed by atoms with van der Waals surface area (Å²) in [6, 6.07) is 6.96. The zero-order valence-corrected chi connectivity index (χ0v) is 15.6. The van der Waals surface area contributed by atoms with Gasteiger partial charge in [-0.25, -0.2) is 4.79 Å². The SMILES string of the molecule is COC(=O)[C@H](NC(=O)c1cn(CCCCCF)c2ccccc12)C(C)C. The summed E-state index contributed by atoms with van der Waals surface area (Å²) in [4.78, 5) is 24.7. The molecule has 0 saturated heterocycles. The van der Waals surface area contributed by atoms with Crippen LogP contribution in [0, 0.1) is 5.92 Å². The quantitative estimate of drug-likeness (QED) is 0.546. The molecular formula is C20H27FN2O3. The largest absolute Gasteiger partial charge is 0.467 e. The number of aryl methyl sites for hydroxylation is 1. The molecule has 0 spiro atoms. The van der Waals surface area contributed by atoms with Crippen molar-refractivity contribution in [3.05, 3.63) is 36.0 Å². The molecule has 1 atom stereocenters. The summed E-state index contributed by atoms with van der Waals surface area (Å²) >= 11 is 0. The Morgan fingerprint density at radius 1 is 1.19 bits per heavy atom. The standard InChI is InChI=1S/C20H27FN2O3/c1-14(2)18(20(25)26-3)22-19(24)16-13-23(12-8-4-7-11-21)17-10-6-5-9-15(16)17/h5-6,9-10,13-14,18H,4,7-8,11-12H2,1-3H3,(H,22,24)/t18-/m1/s1. The van der Waals surface area contributed by atoms with E-state index in [1.165, 1.54) is 7.11 Å². The average molecular weight is 362 g/mol. The van der Waals surface area contributed by atoms with Crippen LogP contribution in [-0.2, 0) is 16.1 Å². The maximum absolute atomic E-state index is 12.8. The zero-order chi connectivity index (χ0) is 19.1. The number of benzene rings is 1. The van der Waals surface area contributed by atoms with Crippen LogP contribution in [0.3, 0.4) is 0 Å². The van der Waals surface area contributed by atoms with E-state index in [0.29, 0.717) is 12.0 Å². The van der Waals surface area contributed by atoms with Crippen molar-refractivity contribution in [2.24, 2.45) is 5.92 Å². The molecule has 0 radical (unpaired) electrons. The first-order valence-corrected chi connectivity index (χ1v) is 9.02. The van der Waals surface area contributed by atoms with Crippen molar-refractivity contribution in [2.75, 3.05) is 13.8 Å². The second kappa shape index (κ2) is 9.36. The van der Waals surface area contributed by atoms with E-state index in [2.05, 4.69) is 5.32 Å². The Hall–Kier alpha value is -2.37. The van der Waals surface area contributed by atoms with Crippen molar-refractivity contribution >= 4 is 22.8 Å². The maximum Gasteiger partial charge on any atom is 0.328 e. The van der Waals surface area contributed by atoms with Crippen LogP contribution >= 0.6 is 0 Å². The highest BCUT2D eigenvalue weighted by Gasteiger charge is 2.26. The molecule has 1 aromatic carbocycles. The number of alkyl halides is 1. The Kier molecular flexibility index (Phi) is 7.18. The number of hydrogen-bond donors (Lipinski definition) is 1. The molecule has 0 fully saturated rings. The number of carbonyl (C=O) groups is 2. The van der Waals surface area contributed by atoms with Crippen LogP contribution < -0.4 is 5.32 Å². The van der Waals surface area contributed by atoms with E-state index in [1.54, 1.807) is 0 Å². The number of para-hydroxylation sites is 1. The number of ether oxygens (including phenoxy) is 1. The topological polar surface area (TPSA) is 60.3 Å². The monoisotopic (exact) mass is 362 g/mol. The summed E-state index contributed by atoms with van der Waals surface area (Å²) in [5.74, 6) is -0.837. The smallest absolute Gasteiger partial charge is 0.328 e. The minimum atomic E-state index is -0.695. The van der Waals surface area contributed by atoms with Crippen LogP contribution in [0.25, 0.3) is 10.9 Å². The van der Waals surface area contributed by atoms with Crippen LogP contribution in [0.1, 0.15) is 43.5 Å². The number of rotatable bonds is 9. The van der Waals surface area contributed by atoms with Crippen LogP contribution in [0.2, 0.25) is 0 Å². The van der Waals surface area contributed by atoms with E-state index in [4.69, 9.17) is 4.74 Å². The molecule has 0 aliphatic heterocycles. The number of aromatic nitrogens is 1. The van der Waals surface area contributed by atoms with Crippen molar-refractivity contribution in [1.82, 2.24) is 9.88 Å². The molecule has 1 heterocycles. The lowest BCUT2D eigenvalue weighted by molar-refractivity contribution is -0.144. The molecule has 0 aliphatic carbocycles. The molecule has 1 N–H and O–H groups in total. The van der Waals surface area contributed by atoms with Gasteiger partial charge >= 0.3 is 5.97 Å². The lowest BCUT2D eigenvalue weighted by atomic mass is 10.0. The molecule has 1 aromatic heterocycles. The minimum Gasteiger partial charge on any atom is -0.467 e. The molecule has 142 valence electrons. The Labute approximate surface area is 153 Å². The third-order valence-corrected chi connectivity index (χ3v) is 4.47. The van der Waals surface area contributed by atoms with E-state index in [-0.39, 0.29) is 18.5 Å². The van der Waals surface area contributed by atoms with Gasteiger partial charge in [-0.1, -0.05) is 32.0 Å². The fraction of sp³-hybridized carbons (Fsp3) is 0.500. The lowest BCUT2D eigenvalue weighted by Crippen LogP contribution is -2.45. The van der Waals surface area contributed by atoms with Crippen molar-refractivity contribution in [2.45, 2.75) is 45.7 Å². The van der Waals surface area contributed by atoms with Crippen molar-refractivity contribution in [3.63, 3.8) is 0 Å². The van der Waals surface area contributed by atoms with Gasteiger partial charge in [0.15, 0.2) is 0 Å². The molecule has 1 amide bonds. The number of unbranched alkanes of at least 4 members (excludes halogenated alkanes) is 2. The number of nitrogens with one attached hydrogen (secondary N) is 1. The summed E-state index contributed by atoms with van der Waals surface area (Å²) in [7, 11) is 1.31. The van der Waals surface area contributed by atoms with Crippen molar-refractivity contribution in [3.8, 4) is 0 Å². The number of esters is 1. The van der Waals surface area contributed by atoms with Gasteiger partial charge in [0.2, 0.25) is 0 Å². The molecule has 2 aromatic rings. The number of amides is 1. The molecule has 5 nitrogen and oxygen atoms in total. The van der Waals surface area contributed by atoms with E-state index in [0.717, 1.165) is 30.3 Å². The second-order valence-corrected chi connectivity index (χ2v) is 6.72. The highest BCUT2D eigenvalue weighted by molar-refractivity contribution is 6.08. The maximum atomic E-state index is 12.8. The fourth-order valence-corrected chi connectivity index (χ4v) is 3.01. The van der Waals surface area contributed by atoms with Crippen molar-refractivity contribution < 1.29 is 18.7 Å². The van der Waals surface area contributed by atoms with Gasteiger partial charge in [-0.3, -0.25) is 9.18 Å². The number of carbonyl (C=O) groups excluding carboxylic acids is 2. The van der Waals surface area contributed by atoms with Gasteiger partial charge in [0, 0.05) is 23.6 Å². The molecule has 0 saturated carbocycles. The Morgan fingerprint density at radius 3 is 2.58 bits per heavy atom. The molecule has 2 rings (SSSR count). The summed E-state index contributed by atoms with van der Waals surface area (Å²) in [6.07, 6.45) is 4.02. The third kappa shape index (κ3) is 4.62. The van der Waals surface area contributed by atoms with Gasteiger partial charge in [-0.05, 0) is 31.2 Å². The lowest BCUT2D eigenvalue weighted by Gasteiger charge is -2.19. The first-order valence-electron chi connectivity index (χ1n) is 9.02. The minimum absolute atomic E-state index is 0.0829. The average Bonchev–Trinajstić information content (AvgIpc) is 3.01. The highest BCUT2D eigenvalue weighted by Crippen LogP contribution is 2.22. The van der Waals surface area contributed by atoms with Gasteiger partial charge in [0.05, 0.1) is 19.3 Å². The summed E-state index contributed by atoms with van der Waals surface area (Å²) < 4.78 is 19.1. The van der Waals surface area contributed by atoms with E-state index >= 15 is 0 Å². The highest BCUT2D eigenvalue weighted by atomic mass is 19.1. The van der Waals surface area contributed by atoms with Crippen LogP contribution in [0.5, 0.6) is 0 Å². The number of nitrogens with zero attached hydrogens (tertiary/aromatic N) is 1. The van der Waals surface area contributed by atoms with Gasteiger partial charge in [-0.2, -0.15) is 0 Å². The molecular weight excluding hydrogens is 335 g/mol. The molecule has 6 heteroatoms. The van der Waals surface area contributed by atoms with Gasteiger partial charge in [0.1, 0.15) is 6.04 Å². The van der Waals surface area contributed by atoms with Gasteiger partial charge in [-0.15, -0.1) is 0 Å². The van der Waals surface area contributed by atoms with Crippen molar-refractivity contribution in [1.29, 1.82) is 0 Å². The molecule has 0 bridgehead atoms. The number of fused-ring (bicyclic) bond motifs is 1. The first-order chi connectivity index (χ1) is 12.5. The van der Waals surface area contributed by atoms with E-state index in [1.807, 2.05) is 48.9 Å². The van der Waals surface area contributed by atoms with Crippen LogP contribution in [-0.4, -0.2) is 36.3 Å². The number of hydrogen-bond acceptors (Lipinski definition) is 3. The summed E-state index contributed by atoms with van der Waals surface area (Å²) in [6.45, 7) is 4.13. The van der Waals surface area contributed by atoms with Gasteiger partial charge < -0.3 is 14.6 Å². The van der Waals surface area contributed by atoms with Gasteiger partial charge in [0.25, 0.3) is 5.91 Å². The Balaban J connectivity index is 2.25. The molecule has 26 heavy (non-hydrogen) atoms. The van der Waals surface area contributed by atoms with E-state index < -0.39 is 12.0 Å². The normalized spacial score (nSPS) is 12.3. The predicted octanol–water partition coefficient (Wildman–Crippen LogP) is 3.71. The summed E-state index contributed by atoms with van der Waals surface area (Å²) in [5, 5.41) is 3.62. The zero-order valence-electron chi connectivity index (χ0n) is 15.6. The third-order valence-electron chi connectivity index (χ3n) is 4.47. The number of methoxy groups -OCH3 is 1. The van der Waals surface area contributed by atoms with Crippen LogP contribution in [0.15, 0.2) is 30.5 Å². The fourth-order valence-electron chi connectivity index (χ4n) is 3.01. The van der Waals surface area contributed by atoms with Crippen LogP contribution in [0.4, 0.5) is 4.39 Å². The first kappa shape index (κ1) is 19.9. The summed E-state index contributed by atoms with van der Waals surface area (Å²) in [5.41, 5.74) is 1.48. The van der Waals surface area contributed by atoms with E-state index in [9.17, 15) is 14.0 Å². The number of halogens is 1. The Bertz CT molecular complexity index is 755. The Morgan fingerprint density at radius 2 is 1.92 bits per heavy atom. The molecule has 0 unspecified atom stereocenters. The molecule has 0 aliphatic rings. The predicted molar refractivity (Wildman–Crippen MR) is 99.9 cm³/mol.